The van der Waals surface area contributed by atoms with E-state index < -0.39 is 6.04 Å². The van der Waals surface area contributed by atoms with Gasteiger partial charge in [-0.05, 0) is 57.0 Å². The van der Waals surface area contributed by atoms with Crippen LogP contribution in [0.15, 0.2) is 34.7 Å². The zero-order valence-corrected chi connectivity index (χ0v) is 14.7. The molecule has 1 atom stereocenters. The van der Waals surface area contributed by atoms with Crippen LogP contribution in [0.25, 0.3) is 0 Å². The van der Waals surface area contributed by atoms with Crippen molar-refractivity contribution in [2.75, 3.05) is 19.0 Å². The molecule has 25 heavy (non-hydrogen) atoms. The van der Waals surface area contributed by atoms with Gasteiger partial charge < -0.3 is 19.4 Å². The first kappa shape index (κ1) is 17.1. The molecule has 1 fully saturated rings. The number of nitrogens with one attached hydrogen (secondary N) is 1. The molecule has 1 aliphatic heterocycles. The second-order valence-electron chi connectivity index (χ2n) is 6.20. The third-order valence-electron chi connectivity index (χ3n) is 4.45. The van der Waals surface area contributed by atoms with Crippen molar-refractivity contribution < 1.29 is 18.7 Å². The van der Waals surface area contributed by atoms with Gasteiger partial charge in [0.25, 0.3) is 5.91 Å². The minimum atomic E-state index is -0.468. The Morgan fingerprint density at radius 2 is 1.96 bits per heavy atom. The summed E-state index contributed by atoms with van der Waals surface area (Å²) in [5, 5.41) is 2.88. The maximum atomic E-state index is 12.8. The molecule has 1 N–H and O–H groups in total. The Bertz CT molecular complexity index is 779. The molecule has 0 unspecified atom stereocenters. The number of ether oxygens (including phenoxy) is 1. The summed E-state index contributed by atoms with van der Waals surface area (Å²) in [7, 11) is 1.59. The lowest BCUT2D eigenvalue weighted by Crippen LogP contribution is -2.43. The summed E-state index contributed by atoms with van der Waals surface area (Å²) in [6, 6.07) is 8.39. The number of carbonyl (C=O) groups excluding carboxylic acids is 2. The van der Waals surface area contributed by atoms with Gasteiger partial charge >= 0.3 is 0 Å². The second-order valence-corrected chi connectivity index (χ2v) is 6.20. The van der Waals surface area contributed by atoms with E-state index in [1.807, 2.05) is 6.92 Å². The molecule has 6 heteroatoms. The number of hydrogen-bond donors (Lipinski definition) is 1. The van der Waals surface area contributed by atoms with Crippen LogP contribution in [-0.4, -0.2) is 36.4 Å². The lowest BCUT2D eigenvalue weighted by Gasteiger charge is -2.23. The minimum absolute atomic E-state index is 0.151. The molecule has 132 valence electrons. The fraction of sp³-hybridized carbons (Fsp3) is 0.368. The zero-order chi connectivity index (χ0) is 18.0. The van der Waals surface area contributed by atoms with E-state index in [-0.39, 0.29) is 11.8 Å². The van der Waals surface area contributed by atoms with E-state index in [1.165, 1.54) is 0 Å². The zero-order valence-electron chi connectivity index (χ0n) is 14.7. The second kappa shape index (κ2) is 7.01. The Hall–Kier alpha value is -2.76. The lowest BCUT2D eigenvalue weighted by molar-refractivity contribution is -0.119. The highest BCUT2D eigenvalue weighted by Crippen LogP contribution is 2.24. The van der Waals surface area contributed by atoms with E-state index in [1.54, 1.807) is 49.3 Å². The van der Waals surface area contributed by atoms with E-state index in [0.717, 1.165) is 12.2 Å². The van der Waals surface area contributed by atoms with Crippen molar-refractivity contribution >= 4 is 17.5 Å². The van der Waals surface area contributed by atoms with Crippen molar-refractivity contribution in [2.24, 2.45) is 0 Å². The Morgan fingerprint density at radius 1 is 1.24 bits per heavy atom. The molecule has 0 saturated carbocycles. The summed E-state index contributed by atoms with van der Waals surface area (Å²) < 4.78 is 10.6. The Morgan fingerprint density at radius 3 is 2.56 bits per heavy atom. The van der Waals surface area contributed by atoms with Gasteiger partial charge in [0.15, 0.2) is 0 Å². The predicted molar refractivity (Wildman–Crippen MR) is 93.9 cm³/mol. The molecule has 2 aromatic rings. The van der Waals surface area contributed by atoms with Gasteiger partial charge in [0, 0.05) is 12.2 Å². The first-order valence-corrected chi connectivity index (χ1v) is 8.32. The summed E-state index contributed by atoms with van der Waals surface area (Å²) >= 11 is 0. The highest BCUT2D eigenvalue weighted by Gasteiger charge is 2.35. The number of carbonyl (C=O) groups is 2. The van der Waals surface area contributed by atoms with Crippen molar-refractivity contribution in [3.05, 3.63) is 47.4 Å². The number of amides is 2. The van der Waals surface area contributed by atoms with Crippen LogP contribution in [0.5, 0.6) is 5.75 Å². The van der Waals surface area contributed by atoms with Crippen LogP contribution >= 0.6 is 0 Å². The van der Waals surface area contributed by atoms with E-state index in [9.17, 15) is 9.59 Å². The van der Waals surface area contributed by atoms with E-state index in [4.69, 9.17) is 9.15 Å². The summed E-state index contributed by atoms with van der Waals surface area (Å²) in [6.07, 6.45) is 1.46. The predicted octanol–water partition coefficient (Wildman–Crippen LogP) is 3.15. The minimum Gasteiger partial charge on any atom is -0.497 e. The fourth-order valence-electron chi connectivity index (χ4n) is 3.18. The topological polar surface area (TPSA) is 71.8 Å². The van der Waals surface area contributed by atoms with Crippen LogP contribution in [0.2, 0.25) is 0 Å². The normalized spacial score (nSPS) is 16.8. The number of benzene rings is 1. The van der Waals surface area contributed by atoms with Gasteiger partial charge in [-0.2, -0.15) is 0 Å². The molecule has 0 aliphatic carbocycles. The largest absolute Gasteiger partial charge is 0.497 e. The highest BCUT2D eigenvalue weighted by atomic mass is 16.5. The van der Waals surface area contributed by atoms with Crippen LogP contribution in [0.1, 0.15) is 34.7 Å². The SMILES string of the molecule is COc1ccc(NC(=O)[C@@H]2CCCN2C(=O)c2cc(C)oc2C)cc1. The Balaban J connectivity index is 1.72. The molecule has 1 aromatic carbocycles. The van der Waals surface area contributed by atoms with Crippen molar-refractivity contribution in [3.63, 3.8) is 0 Å². The molecular weight excluding hydrogens is 320 g/mol. The third-order valence-corrected chi connectivity index (χ3v) is 4.45. The Labute approximate surface area is 146 Å². The number of likely N-dealkylation sites (tertiary alicyclic amines) is 1. The molecule has 1 saturated heterocycles. The molecule has 2 heterocycles. The van der Waals surface area contributed by atoms with Gasteiger partial charge in [-0.15, -0.1) is 0 Å². The van der Waals surface area contributed by atoms with Crippen molar-refractivity contribution in [2.45, 2.75) is 32.7 Å². The quantitative estimate of drug-likeness (QED) is 0.926. The molecule has 1 aliphatic rings. The van der Waals surface area contributed by atoms with Crippen molar-refractivity contribution in [1.29, 1.82) is 0 Å². The monoisotopic (exact) mass is 342 g/mol. The number of methoxy groups -OCH3 is 1. The first-order valence-electron chi connectivity index (χ1n) is 8.32. The van der Waals surface area contributed by atoms with E-state index in [0.29, 0.717) is 35.7 Å². The maximum absolute atomic E-state index is 12.8. The third kappa shape index (κ3) is 3.52. The summed E-state index contributed by atoms with van der Waals surface area (Å²) in [5.74, 6) is 1.68. The molecular formula is C19H22N2O4. The van der Waals surface area contributed by atoms with Crippen molar-refractivity contribution in [3.8, 4) is 5.75 Å². The van der Waals surface area contributed by atoms with Gasteiger partial charge in [-0.1, -0.05) is 0 Å². The van der Waals surface area contributed by atoms with Gasteiger partial charge in [0.2, 0.25) is 5.91 Å². The van der Waals surface area contributed by atoms with Crippen LogP contribution < -0.4 is 10.1 Å². The smallest absolute Gasteiger partial charge is 0.258 e. The average molecular weight is 342 g/mol. The first-order chi connectivity index (χ1) is 12.0. The molecule has 2 amide bonds. The van der Waals surface area contributed by atoms with E-state index >= 15 is 0 Å². The number of aryl methyl sites for hydroxylation is 2. The van der Waals surface area contributed by atoms with Crippen LogP contribution in [0.4, 0.5) is 5.69 Å². The Kier molecular flexibility index (Phi) is 4.79. The number of rotatable bonds is 4. The number of hydrogen-bond acceptors (Lipinski definition) is 4. The summed E-state index contributed by atoms with van der Waals surface area (Å²) in [5.41, 5.74) is 1.21. The van der Waals surface area contributed by atoms with Crippen molar-refractivity contribution in [1.82, 2.24) is 4.90 Å². The fourth-order valence-corrected chi connectivity index (χ4v) is 3.18. The van der Waals surface area contributed by atoms with Crippen LogP contribution in [0, 0.1) is 13.8 Å². The van der Waals surface area contributed by atoms with Crippen LogP contribution in [-0.2, 0) is 4.79 Å². The standard InChI is InChI=1S/C19H22N2O4/c1-12-11-16(13(2)25-12)19(23)21-10-4-5-17(21)18(22)20-14-6-8-15(24-3)9-7-14/h6-9,11,17H,4-5,10H2,1-3H3,(H,20,22)/t17-/m0/s1. The summed E-state index contributed by atoms with van der Waals surface area (Å²) in [6.45, 7) is 4.15. The molecule has 6 nitrogen and oxygen atoms in total. The van der Waals surface area contributed by atoms with Gasteiger partial charge in [0.05, 0.1) is 12.7 Å². The highest BCUT2D eigenvalue weighted by molar-refractivity contribution is 6.02. The molecule has 0 spiro atoms. The van der Waals surface area contributed by atoms with Gasteiger partial charge in [-0.3, -0.25) is 9.59 Å². The molecule has 0 radical (unpaired) electrons. The van der Waals surface area contributed by atoms with E-state index in [2.05, 4.69) is 5.32 Å². The average Bonchev–Trinajstić information content (AvgIpc) is 3.21. The lowest BCUT2D eigenvalue weighted by atomic mass is 10.1. The number of furan rings is 1. The molecule has 1 aromatic heterocycles. The number of nitrogens with zero attached hydrogens (tertiary/aromatic N) is 1. The summed E-state index contributed by atoms with van der Waals surface area (Å²) in [4.78, 5) is 27.1. The number of anilines is 1. The molecule has 3 rings (SSSR count). The van der Waals surface area contributed by atoms with Gasteiger partial charge in [-0.25, -0.2) is 0 Å². The molecule has 0 bridgehead atoms. The van der Waals surface area contributed by atoms with Gasteiger partial charge in [0.1, 0.15) is 23.3 Å². The maximum Gasteiger partial charge on any atom is 0.258 e. The van der Waals surface area contributed by atoms with Crippen LogP contribution in [0.3, 0.4) is 0 Å².